The Morgan fingerprint density at radius 3 is 3.12 bits per heavy atom. The standard InChI is InChI=1S/C12H15ClO2S/c1-16-5-4-9-7-11(14)10-6-8(13)2-3-12(10)15-9/h2-3,6,9,11,14H,4-5,7H2,1H3. The molecule has 0 saturated carbocycles. The quantitative estimate of drug-likeness (QED) is 0.902. The number of hydrogen-bond donors (Lipinski definition) is 1. The molecule has 0 aromatic heterocycles. The van der Waals surface area contributed by atoms with E-state index in [1.54, 1.807) is 23.9 Å². The molecule has 4 heteroatoms. The van der Waals surface area contributed by atoms with E-state index in [9.17, 15) is 5.11 Å². The van der Waals surface area contributed by atoms with Crippen molar-refractivity contribution in [3.8, 4) is 5.75 Å². The summed E-state index contributed by atoms with van der Waals surface area (Å²) in [6.07, 6.45) is 3.38. The van der Waals surface area contributed by atoms with Crippen LogP contribution in [0.25, 0.3) is 0 Å². The summed E-state index contributed by atoms with van der Waals surface area (Å²) in [5.74, 6) is 1.83. The Labute approximate surface area is 105 Å². The van der Waals surface area contributed by atoms with E-state index >= 15 is 0 Å². The van der Waals surface area contributed by atoms with E-state index in [4.69, 9.17) is 16.3 Å². The Kier molecular flexibility index (Phi) is 4.00. The number of fused-ring (bicyclic) bond motifs is 1. The molecule has 2 nitrogen and oxygen atoms in total. The third-order valence-corrected chi connectivity index (χ3v) is 3.63. The fourth-order valence-electron chi connectivity index (χ4n) is 1.92. The monoisotopic (exact) mass is 258 g/mol. The van der Waals surface area contributed by atoms with E-state index in [0.717, 1.165) is 23.5 Å². The van der Waals surface area contributed by atoms with Gasteiger partial charge >= 0.3 is 0 Å². The van der Waals surface area contributed by atoms with Crippen LogP contribution in [-0.4, -0.2) is 23.2 Å². The number of aliphatic hydroxyl groups is 1. The van der Waals surface area contributed by atoms with Crippen molar-refractivity contribution in [2.45, 2.75) is 25.0 Å². The number of hydrogen-bond acceptors (Lipinski definition) is 3. The van der Waals surface area contributed by atoms with Crippen molar-refractivity contribution in [2.24, 2.45) is 0 Å². The van der Waals surface area contributed by atoms with Gasteiger partial charge in [0.2, 0.25) is 0 Å². The lowest BCUT2D eigenvalue weighted by Gasteiger charge is -2.29. The first kappa shape index (κ1) is 12.1. The normalized spacial score (nSPS) is 23.7. The van der Waals surface area contributed by atoms with Crippen molar-refractivity contribution < 1.29 is 9.84 Å². The molecule has 0 fully saturated rings. The molecule has 88 valence electrons. The minimum atomic E-state index is -0.450. The maximum Gasteiger partial charge on any atom is 0.125 e. The van der Waals surface area contributed by atoms with Gasteiger partial charge in [-0.2, -0.15) is 11.8 Å². The van der Waals surface area contributed by atoms with Crippen LogP contribution in [0.2, 0.25) is 5.02 Å². The molecule has 0 amide bonds. The SMILES string of the molecule is CSCCC1CC(O)c2cc(Cl)ccc2O1. The van der Waals surface area contributed by atoms with Gasteiger partial charge in [0.1, 0.15) is 11.9 Å². The van der Waals surface area contributed by atoms with Crippen molar-refractivity contribution >= 4 is 23.4 Å². The fraction of sp³-hybridized carbons (Fsp3) is 0.500. The maximum absolute atomic E-state index is 10.0. The van der Waals surface area contributed by atoms with Crippen LogP contribution in [0.3, 0.4) is 0 Å². The molecule has 1 aromatic carbocycles. The van der Waals surface area contributed by atoms with Crippen molar-refractivity contribution in [2.75, 3.05) is 12.0 Å². The minimum absolute atomic E-state index is 0.121. The number of benzene rings is 1. The van der Waals surface area contributed by atoms with E-state index in [0.29, 0.717) is 11.4 Å². The molecule has 0 aliphatic carbocycles. The first-order valence-electron chi connectivity index (χ1n) is 5.34. The molecule has 0 bridgehead atoms. The summed E-state index contributed by atoms with van der Waals surface area (Å²) in [6, 6.07) is 5.42. The smallest absolute Gasteiger partial charge is 0.125 e. The van der Waals surface area contributed by atoms with Gasteiger partial charge in [0.25, 0.3) is 0 Å². The maximum atomic E-state index is 10.0. The number of aliphatic hydroxyl groups excluding tert-OH is 1. The highest BCUT2D eigenvalue weighted by Crippen LogP contribution is 2.37. The molecule has 2 atom stereocenters. The van der Waals surface area contributed by atoms with Crippen LogP contribution in [-0.2, 0) is 0 Å². The van der Waals surface area contributed by atoms with Gasteiger partial charge < -0.3 is 9.84 Å². The zero-order valence-corrected chi connectivity index (χ0v) is 10.7. The lowest BCUT2D eigenvalue weighted by Crippen LogP contribution is -2.26. The number of rotatable bonds is 3. The molecule has 1 aromatic rings. The second kappa shape index (κ2) is 5.30. The molecule has 1 N–H and O–H groups in total. The van der Waals surface area contributed by atoms with Crippen LogP contribution in [0.15, 0.2) is 18.2 Å². The molecule has 1 aliphatic heterocycles. The Hall–Kier alpha value is -0.380. The van der Waals surface area contributed by atoms with Gasteiger partial charge in [0.15, 0.2) is 0 Å². The Morgan fingerprint density at radius 1 is 1.56 bits per heavy atom. The largest absolute Gasteiger partial charge is 0.490 e. The summed E-state index contributed by atoms with van der Waals surface area (Å²) < 4.78 is 5.83. The third-order valence-electron chi connectivity index (χ3n) is 2.75. The molecular formula is C12H15ClO2S. The zero-order chi connectivity index (χ0) is 11.5. The highest BCUT2D eigenvalue weighted by Gasteiger charge is 2.26. The average Bonchev–Trinajstić information content (AvgIpc) is 2.27. The molecule has 0 saturated heterocycles. The fourth-order valence-corrected chi connectivity index (χ4v) is 2.60. The first-order valence-corrected chi connectivity index (χ1v) is 7.11. The molecule has 16 heavy (non-hydrogen) atoms. The third kappa shape index (κ3) is 2.65. The van der Waals surface area contributed by atoms with Crippen LogP contribution in [0.5, 0.6) is 5.75 Å². The summed E-state index contributed by atoms with van der Waals surface area (Å²) >= 11 is 7.69. The van der Waals surface area contributed by atoms with E-state index in [2.05, 4.69) is 6.26 Å². The van der Waals surface area contributed by atoms with E-state index < -0.39 is 6.10 Å². The summed E-state index contributed by atoms with van der Waals surface area (Å²) in [5, 5.41) is 10.7. The molecular weight excluding hydrogens is 244 g/mol. The van der Waals surface area contributed by atoms with E-state index in [1.165, 1.54) is 0 Å². The van der Waals surface area contributed by atoms with Crippen LogP contribution in [0.1, 0.15) is 24.5 Å². The van der Waals surface area contributed by atoms with Crippen LogP contribution < -0.4 is 4.74 Å². The molecule has 2 unspecified atom stereocenters. The molecule has 1 heterocycles. The van der Waals surface area contributed by atoms with Crippen molar-refractivity contribution in [3.05, 3.63) is 28.8 Å². The van der Waals surface area contributed by atoms with Gasteiger partial charge in [-0.3, -0.25) is 0 Å². The molecule has 1 aliphatic rings. The van der Waals surface area contributed by atoms with Crippen molar-refractivity contribution in [3.63, 3.8) is 0 Å². The average molecular weight is 259 g/mol. The summed E-state index contributed by atoms with van der Waals surface area (Å²) in [7, 11) is 0. The van der Waals surface area contributed by atoms with Crippen molar-refractivity contribution in [1.29, 1.82) is 0 Å². The van der Waals surface area contributed by atoms with Gasteiger partial charge in [-0.05, 0) is 36.6 Å². The van der Waals surface area contributed by atoms with Gasteiger partial charge in [-0.25, -0.2) is 0 Å². The second-order valence-electron chi connectivity index (χ2n) is 3.95. The number of thioether (sulfide) groups is 1. The van der Waals surface area contributed by atoms with Gasteiger partial charge in [-0.15, -0.1) is 0 Å². The Bertz CT molecular complexity index is 370. The molecule has 0 radical (unpaired) electrons. The molecule has 0 spiro atoms. The van der Waals surface area contributed by atoms with Crippen LogP contribution in [0.4, 0.5) is 0 Å². The predicted octanol–water partition coefficient (Wildman–Crippen LogP) is 3.28. The van der Waals surface area contributed by atoms with Crippen LogP contribution in [0, 0.1) is 0 Å². The van der Waals surface area contributed by atoms with Crippen LogP contribution >= 0.6 is 23.4 Å². The Morgan fingerprint density at radius 2 is 2.38 bits per heavy atom. The van der Waals surface area contributed by atoms with Gasteiger partial charge in [-0.1, -0.05) is 11.6 Å². The molecule has 2 rings (SSSR count). The number of halogens is 1. The summed E-state index contributed by atoms with van der Waals surface area (Å²) in [4.78, 5) is 0. The van der Waals surface area contributed by atoms with E-state index in [1.807, 2.05) is 6.07 Å². The minimum Gasteiger partial charge on any atom is -0.490 e. The Balaban J connectivity index is 2.13. The zero-order valence-electron chi connectivity index (χ0n) is 9.15. The second-order valence-corrected chi connectivity index (χ2v) is 5.38. The summed E-state index contributed by atoms with van der Waals surface area (Å²) in [6.45, 7) is 0. The highest BCUT2D eigenvalue weighted by molar-refractivity contribution is 7.98. The predicted molar refractivity (Wildman–Crippen MR) is 68.4 cm³/mol. The first-order chi connectivity index (χ1) is 7.70. The lowest BCUT2D eigenvalue weighted by atomic mass is 9.98. The summed E-state index contributed by atoms with van der Waals surface area (Å²) in [5.41, 5.74) is 0.813. The van der Waals surface area contributed by atoms with E-state index in [-0.39, 0.29) is 6.10 Å². The van der Waals surface area contributed by atoms with Crippen molar-refractivity contribution in [1.82, 2.24) is 0 Å². The van der Waals surface area contributed by atoms with Gasteiger partial charge in [0.05, 0.1) is 6.10 Å². The number of ether oxygens (including phenoxy) is 1. The van der Waals surface area contributed by atoms with Gasteiger partial charge in [0, 0.05) is 17.0 Å². The highest BCUT2D eigenvalue weighted by atomic mass is 35.5. The lowest BCUT2D eigenvalue weighted by molar-refractivity contribution is 0.0648. The topological polar surface area (TPSA) is 29.5 Å².